The minimum absolute atomic E-state index is 0.240. The summed E-state index contributed by atoms with van der Waals surface area (Å²) in [6, 6.07) is 0. The van der Waals surface area contributed by atoms with Gasteiger partial charge in [-0.05, 0) is 14.0 Å². The Morgan fingerprint density at radius 2 is 1.71 bits per heavy atom. The summed E-state index contributed by atoms with van der Waals surface area (Å²) in [5.74, 6) is -0.347. The highest BCUT2D eigenvalue weighted by molar-refractivity contribution is 5.80. The van der Waals surface area contributed by atoms with Gasteiger partial charge in [-0.2, -0.15) is 0 Å². The molecule has 102 valence electrons. The van der Waals surface area contributed by atoms with E-state index in [-0.39, 0.29) is 12.6 Å². The van der Waals surface area contributed by atoms with E-state index < -0.39 is 5.54 Å². The lowest BCUT2D eigenvalue weighted by Gasteiger charge is -2.25. The van der Waals surface area contributed by atoms with Crippen LogP contribution in [0.1, 0.15) is 6.92 Å². The summed E-state index contributed by atoms with van der Waals surface area (Å²) < 4.78 is 20.1. The lowest BCUT2D eigenvalue weighted by Crippen LogP contribution is -2.52. The molecule has 0 heterocycles. The number of nitrogens with one attached hydrogen (secondary N) is 1. The average Bonchev–Trinajstić information content (AvgIpc) is 2.36. The van der Waals surface area contributed by atoms with Crippen LogP contribution in [-0.4, -0.2) is 65.8 Å². The number of methoxy groups -OCH3 is 2. The van der Waals surface area contributed by atoms with Gasteiger partial charge in [-0.25, -0.2) is 4.79 Å². The molecule has 0 aromatic rings. The highest BCUT2D eigenvalue weighted by Gasteiger charge is 2.32. The molecule has 1 N–H and O–H groups in total. The molecule has 0 aliphatic rings. The Bertz CT molecular complexity index is 212. The smallest absolute Gasteiger partial charge is 0.328 e. The maximum Gasteiger partial charge on any atom is 0.328 e. The third-order valence-corrected chi connectivity index (χ3v) is 2.38. The van der Waals surface area contributed by atoms with Gasteiger partial charge >= 0.3 is 5.97 Å². The summed E-state index contributed by atoms with van der Waals surface area (Å²) >= 11 is 0. The van der Waals surface area contributed by atoms with E-state index in [1.807, 2.05) is 0 Å². The molecule has 6 heteroatoms. The molecule has 0 radical (unpaired) electrons. The number of ether oxygens (including phenoxy) is 4. The second-order valence-electron chi connectivity index (χ2n) is 3.73. The number of esters is 1. The Morgan fingerprint density at radius 1 is 1.12 bits per heavy atom. The van der Waals surface area contributed by atoms with Gasteiger partial charge in [0.25, 0.3) is 0 Å². The first-order valence-electron chi connectivity index (χ1n) is 5.52. The monoisotopic (exact) mass is 249 g/mol. The van der Waals surface area contributed by atoms with E-state index in [9.17, 15) is 4.79 Å². The molecule has 0 fully saturated rings. The van der Waals surface area contributed by atoms with Crippen LogP contribution < -0.4 is 5.32 Å². The zero-order valence-corrected chi connectivity index (χ0v) is 11.1. The third-order valence-electron chi connectivity index (χ3n) is 2.38. The minimum Gasteiger partial charge on any atom is -0.468 e. The van der Waals surface area contributed by atoms with Crippen molar-refractivity contribution in [2.75, 3.05) is 54.3 Å². The predicted molar refractivity (Wildman–Crippen MR) is 63.0 cm³/mol. The first kappa shape index (κ1) is 16.3. The summed E-state index contributed by atoms with van der Waals surface area (Å²) in [4.78, 5) is 11.5. The van der Waals surface area contributed by atoms with Gasteiger partial charge in [-0.3, -0.25) is 0 Å². The van der Waals surface area contributed by atoms with Gasteiger partial charge in [0, 0.05) is 7.11 Å². The van der Waals surface area contributed by atoms with E-state index in [4.69, 9.17) is 14.2 Å². The van der Waals surface area contributed by atoms with Crippen molar-refractivity contribution in [1.82, 2.24) is 5.32 Å². The second-order valence-corrected chi connectivity index (χ2v) is 3.73. The van der Waals surface area contributed by atoms with Crippen LogP contribution in [-0.2, 0) is 23.7 Å². The average molecular weight is 249 g/mol. The number of hydrogen-bond donors (Lipinski definition) is 1. The summed E-state index contributed by atoms with van der Waals surface area (Å²) in [5, 5.41) is 2.88. The van der Waals surface area contributed by atoms with Crippen LogP contribution in [0.3, 0.4) is 0 Å². The molecular formula is C11H23NO5. The van der Waals surface area contributed by atoms with Gasteiger partial charge in [0.15, 0.2) is 0 Å². The predicted octanol–water partition coefficient (Wildman–Crippen LogP) is -0.183. The highest BCUT2D eigenvalue weighted by Crippen LogP contribution is 2.06. The van der Waals surface area contributed by atoms with E-state index in [1.54, 1.807) is 21.1 Å². The van der Waals surface area contributed by atoms with E-state index >= 15 is 0 Å². The Kier molecular flexibility index (Phi) is 8.97. The number of hydrogen-bond acceptors (Lipinski definition) is 6. The molecule has 0 saturated carbocycles. The summed E-state index contributed by atoms with van der Waals surface area (Å²) in [5.41, 5.74) is -0.818. The van der Waals surface area contributed by atoms with E-state index in [0.717, 1.165) is 0 Å². The molecule has 0 aromatic carbocycles. The first-order chi connectivity index (χ1) is 8.10. The lowest BCUT2D eigenvalue weighted by atomic mass is 10.1. The summed E-state index contributed by atoms with van der Waals surface area (Å²) in [6.45, 7) is 3.98. The van der Waals surface area contributed by atoms with Crippen molar-refractivity contribution in [3.63, 3.8) is 0 Å². The van der Waals surface area contributed by atoms with Crippen LogP contribution >= 0.6 is 0 Å². The van der Waals surface area contributed by atoms with Crippen LogP contribution in [0, 0.1) is 0 Å². The van der Waals surface area contributed by atoms with Crippen molar-refractivity contribution < 1.29 is 23.7 Å². The van der Waals surface area contributed by atoms with Crippen LogP contribution in [0.4, 0.5) is 0 Å². The second kappa shape index (κ2) is 9.35. The maximum atomic E-state index is 11.5. The molecule has 0 aromatic heterocycles. The Labute approximate surface area is 103 Å². The Hall–Kier alpha value is -0.690. The maximum absolute atomic E-state index is 11.5. The fraction of sp³-hybridized carbons (Fsp3) is 0.909. The van der Waals surface area contributed by atoms with Crippen LogP contribution in [0.15, 0.2) is 0 Å². The zero-order chi connectivity index (χ0) is 13.1. The Balaban J connectivity index is 3.67. The van der Waals surface area contributed by atoms with Gasteiger partial charge in [0.1, 0.15) is 5.54 Å². The summed E-state index contributed by atoms with van der Waals surface area (Å²) in [7, 11) is 4.66. The largest absolute Gasteiger partial charge is 0.468 e. The molecule has 0 amide bonds. The van der Waals surface area contributed by atoms with Crippen molar-refractivity contribution in [3.8, 4) is 0 Å². The van der Waals surface area contributed by atoms with Gasteiger partial charge < -0.3 is 24.3 Å². The number of carbonyl (C=O) groups is 1. The first-order valence-corrected chi connectivity index (χ1v) is 5.52. The molecule has 0 bridgehead atoms. The molecule has 17 heavy (non-hydrogen) atoms. The van der Waals surface area contributed by atoms with Gasteiger partial charge in [-0.1, -0.05) is 0 Å². The van der Waals surface area contributed by atoms with E-state index in [2.05, 4.69) is 10.1 Å². The molecular weight excluding hydrogens is 226 g/mol. The van der Waals surface area contributed by atoms with Gasteiger partial charge in [0.2, 0.25) is 0 Å². The van der Waals surface area contributed by atoms with Crippen molar-refractivity contribution in [2.24, 2.45) is 0 Å². The Morgan fingerprint density at radius 3 is 2.24 bits per heavy atom. The van der Waals surface area contributed by atoms with Crippen molar-refractivity contribution in [1.29, 1.82) is 0 Å². The SMILES string of the molecule is CNC(C)(COCCOCCOC)C(=O)OC. The fourth-order valence-corrected chi connectivity index (χ4v) is 1.10. The lowest BCUT2D eigenvalue weighted by molar-refractivity contribution is -0.150. The highest BCUT2D eigenvalue weighted by atomic mass is 16.5. The number of carbonyl (C=O) groups excluding carboxylic acids is 1. The van der Waals surface area contributed by atoms with Crippen LogP contribution in [0.25, 0.3) is 0 Å². The zero-order valence-electron chi connectivity index (χ0n) is 11.1. The van der Waals surface area contributed by atoms with Crippen molar-refractivity contribution in [3.05, 3.63) is 0 Å². The quantitative estimate of drug-likeness (QED) is 0.428. The molecule has 0 rings (SSSR count). The fourth-order valence-electron chi connectivity index (χ4n) is 1.10. The molecule has 0 spiro atoms. The molecule has 6 nitrogen and oxygen atoms in total. The van der Waals surface area contributed by atoms with Crippen LogP contribution in [0.5, 0.6) is 0 Å². The third kappa shape index (κ3) is 6.58. The number of likely N-dealkylation sites (N-methyl/N-ethyl adjacent to an activating group) is 1. The molecule has 1 unspecified atom stereocenters. The van der Waals surface area contributed by atoms with Crippen molar-refractivity contribution in [2.45, 2.75) is 12.5 Å². The minimum atomic E-state index is -0.818. The van der Waals surface area contributed by atoms with E-state index in [0.29, 0.717) is 26.4 Å². The molecule has 0 aliphatic heterocycles. The molecule has 0 saturated heterocycles. The van der Waals surface area contributed by atoms with Crippen molar-refractivity contribution >= 4 is 5.97 Å². The summed E-state index contributed by atoms with van der Waals surface area (Å²) in [6.07, 6.45) is 0. The standard InChI is InChI=1S/C11H23NO5/c1-11(12-2,10(13)15-4)9-17-8-7-16-6-5-14-3/h12H,5-9H2,1-4H3. The molecule has 1 atom stereocenters. The topological polar surface area (TPSA) is 66.0 Å². The number of rotatable bonds is 10. The van der Waals surface area contributed by atoms with Crippen LogP contribution in [0.2, 0.25) is 0 Å². The van der Waals surface area contributed by atoms with Gasteiger partial charge in [0.05, 0.1) is 40.1 Å². The van der Waals surface area contributed by atoms with E-state index in [1.165, 1.54) is 7.11 Å². The normalized spacial score (nSPS) is 14.4. The molecule has 0 aliphatic carbocycles. The van der Waals surface area contributed by atoms with Gasteiger partial charge in [-0.15, -0.1) is 0 Å².